The summed E-state index contributed by atoms with van der Waals surface area (Å²) in [7, 11) is 0. The highest BCUT2D eigenvalue weighted by molar-refractivity contribution is 5.71. The number of rotatable bonds is 1. The van der Waals surface area contributed by atoms with E-state index >= 15 is 0 Å². The normalized spacial score (nSPS) is 13.1. The standard InChI is InChI=1S/C16H14N2/c1-2-5-13(6-3-1)14-11-16-15-7-4-8-17(15)9-10-18(16)12-14/h1-8,11-12H,9-10H2. The topological polar surface area (TPSA) is 9.86 Å². The van der Waals surface area contributed by atoms with Crippen molar-refractivity contribution >= 4 is 0 Å². The predicted octanol–water partition coefficient (Wildman–Crippen LogP) is 3.64. The van der Waals surface area contributed by atoms with Crippen LogP contribution in [0, 0.1) is 0 Å². The lowest BCUT2D eigenvalue weighted by Crippen LogP contribution is -2.14. The molecule has 4 rings (SSSR count). The lowest BCUT2D eigenvalue weighted by atomic mass is 10.1. The minimum absolute atomic E-state index is 1.06. The van der Waals surface area contributed by atoms with Crippen molar-refractivity contribution in [2.75, 3.05) is 0 Å². The second-order valence-corrected chi connectivity index (χ2v) is 4.76. The molecule has 2 nitrogen and oxygen atoms in total. The zero-order valence-electron chi connectivity index (χ0n) is 10.1. The highest BCUT2D eigenvalue weighted by Crippen LogP contribution is 2.31. The SMILES string of the molecule is c1ccc(-c2cc3n(c2)CCn2cccc2-3)cc1. The summed E-state index contributed by atoms with van der Waals surface area (Å²) >= 11 is 0. The van der Waals surface area contributed by atoms with E-state index in [1.54, 1.807) is 0 Å². The number of hydrogen-bond acceptors (Lipinski definition) is 0. The first-order chi connectivity index (χ1) is 8.92. The van der Waals surface area contributed by atoms with Crippen LogP contribution < -0.4 is 0 Å². The minimum Gasteiger partial charge on any atom is -0.345 e. The molecule has 0 N–H and O–H groups in total. The van der Waals surface area contributed by atoms with Crippen molar-refractivity contribution in [2.24, 2.45) is 0 Å². The molecule has 0 unspecified atom stereocenters. The summed E-state index contributed by atoms with van der Waals surface area (Å²) in [6.07, 6.45) is 4.43. The molecule has 0 radical (unpaired) electrons. The Kier molecular flexibility index (Phi) is 1.97. The summed E-state index contributed by atoms with van der Waals surface area (Å²) in [4.78, 5) is 0. The Morgan fingerprint density at radius 1 is 0.722 bits per heavy atom. The Morgan fingerprint density at radius 3 is 2.44 bits per heavy atom. The van der Waals surface area contributed by atoms with Gasteiger partial charge in [-0.25, -0.2) is 0 Å². The van der Waals surface area contributed by atoms with Crippen molar-refractivity contribution in [3.63, 3.8) is 0 Å². The van der Waals surface area contributed by atoms with E-state index in [-0.39, 0.29) is 0 Å². The third-order valence-corrected chi connectivity index (χ3v) is 3.68. The van der Waals surface area contributed by atoms with Gasteiger partial charge in [-0.1, -0.05) is 30.3 Å². The maximum Gasteiger partial charge on any atom is 0.0654 e. The molecule has 0 aliphatic carbocycles. The van der Waals surface area contributed by atoms with E-state index in [4.69, 9.17) is 0 Å². The summed E-state index contributed by atoms with van der Waals surface area (Å²) in [6.45, 7) is 2.13. The Balaban J connectivity index is 1.88. The molecule has 3 aromatic rings. The van der Waals surface area contributed by atoms with E-state index in [1.165, 1.54) is 22.5 Å². The third kappa shape index (κ3) is 1.35. The molecular weight excluding hydrogens is 220 g/mol. The van der Waals surface area contributed by atoms with Gasteiger partial charge in [0.25, 0.3) is 0 Å². The summed E-state index contributed by atoms with van der Waals surface area (Å²) in [5.74, 6) is 0. The molecule has 1 aromatic carbocycles. The van der Waals surface area contributed by atoms with Crippen LogP contribution in [-0.2, 0) is 13.1 Å². The van der Waals surface area contributed by atoms with Gasteiger partial charge in [0, 0.05) is 31.0 Å². The summed E-state index contributed by atoms with van der Waals surface area (Å²) in [5, 5.41) is 0. The van der Waals surface area contributed by atoms with Gasteiger partial charge in [-0.2, -0.15) is 0 Å². The average molecular weight is 234 g/mol. The van der Waals surface area contributed by atoms with E-state index in [9.17, 15) is 0 Å². The highest BCUT2D eigenvalue weighted by atomic mass is 15.1. The molecule has 2 heteroatoms. The molecule has 3 heterocycles. The molecule has 0 fully saturated rings. The lowest BCUT2D eigenvalue weighted by Gasteiger charge is -2.18. The van der Waals surface area contributed by atoms with Crippen molar-refractivity contribution in [3.8, 4) is 22.5 Å². The molecule has 2 aromatic heterocycles. The van der Waals surface area contributed by atoms with E-state index in [1.807, 2.05) is 0 Å². The van der Waals surface area contributed by atoms with Gasteiger partial charge in [0.15, 0.2) is 0 Å². The highest BCUT2D eigenvalue weighted by Gasteiger charge is 2.16. The summed E-state index contributed by atoms with van der Waals surface area (Å²) in [6, 6.07) is 17.2. The third-order valence-electron chi connectivity index (χ3n) is 3.68. The second-order valence-electron chi connectivity index (χ2n) is 4.76. The van der Waals surface area contributed by atoms with Crippen LogP contribution in [0.25, 0.3) is 22.5 Å². The Morgan fingerprint density at radius 2 is 1.56 bits per heavy atom. The zero-order valence-corrected chi connectivity index (χ0v) is 10.1. The van der Waals surface area contributed by atoms with Gasteiger partial charge in [-0.3, -0.25) is 0 Å². The van der Waals surface area contributed by atoms with Crippen LogP contribution >= 0.6 is 0 Å². The Hall–Kier alpha value is -2.22. The molecule has 1 aliphatic heterocycles. The van der Waals surface area contributed by atoms with Crippen molar-refractivity contribution in [2.45, 2.75) is 13.1 Å². The van der Waals surface area contributed by atoms with E-state index in [0.717, 1.165) is 13.1 Å². The fraction of sp³-hybridized carbons (Fsp3) is 0.125. The second kappa shape index (κ2) is 3.64. The number of hydrogen-bond donors (Lipinski definition) is 0. The molecule has 18 heavy (non-hydrogen) atoms. The number of fused-ring (bicyclic) bond motifs is 3. The van der Waals surface area contributed by atoms with Crippen LogP contribution in [0.15, 0.2) is 60.9 Å². The first-order valence-electron chi connectivity index (χ1n) is 6.33. The molecule has 0 saturated carbocycles. The monoisotopic (exact) mass is 234 g/mol. The van der Waals surface area contributed by atoms with E-state index < -0.39 is 0 Å². The fourth-order valence-corrected chi connectivity index (χ4v) is 2.76. The van der Waals surface area contributed by atoms with Crippen LogP contribution in [-0.4, -0.2) is 9.13 Å². The molecule has 0 saturated heterocycles. The van der Waals surface area contributed by atoms with Gasteiger partial charge in [0.05, 0.1) is 11.4 Å². The van der Waals surface area contributed by atoms with Gasteiger partial charge in [0.1, 0.15) is 0 Å². The van der Waals surface area contributed by atoms with E-state index in [0.29, 0.717) is 0 Å². The van der Waals surface area contributed by atoms with Gasteiger partial charge in [-0.05, 0) is 23.8 Å². The first-order valence-corrected chi connectivity index (χ1v) is 6.33. The average Bonchev–Trinajstić information content (AvgIpc) is 3.05. The quantitative estimate of drug-likeness (QED) is 0.608. The van der Waals surface area contributed by atoms with Crippen LogP contribution in [0.3, 0.4) is 0 Å². The molecule has 0 spiro atoms. The predicted molar refractivity (Wildman–Crippen MR) is 73.3 cm³/mol. The first kappa shape index (κ1) is 9.77. The van der Waals surface area contributed by atoms with Crippen LogP contribution in [0.2, 0.25) is 0 Å². The summed E-state index contributed by atoms with van der Waals surface area (Å²) < 4.78 is 4.68. The zero-order chi connectivity index (χ0) is 11.9. The maximum absolute atomic E-state index is 2.36. The molecule has 88 valence electrons. The van der Waals surface area contributed by atoms with Gasteiger partial charge >= 0.3 is 0 Å². The van der Waals surface area contributed by atoms with Crippen LogP contribution in [0.1, 0.15) is 0 Å². The number of nitrogens with zero attached hydrogens (tertiary/aromatic N) is 2. The maximum atomic E-state index is 2.36. The fourth-order valence-electron chi connectivity index (χ4n) is 2.76. The van der Waals surface area contributed by atoms with Gasteiger partial charge < -0.3 is 9.13 Å². The number of benzene rings is 1. The minimum atomic E-state index is 1.06. The molecular formula is C16H14N2. The lowest BCUT2D eigenvalue weighted by molar-refractivity contribution is 0.561. The number of aromatic nitrogens is 2. The number of aryl methyl sites for hydroxylation is 2. The Labute approximate surface area is 106 Å². The van der Waals surface area contributed by atoms with Crippen LogP contribution in [0.5, 0.6) is 0 Å². The van der Waals surface area contributed by atoms with Crippen molar-refractivity contribution in [3.05, 3.63) is 60.9 Å². The molecule has 0 bridgehead atoms. The van der Waals surface area contributed by atoms with Crippen molar-refractivity contribution in [1.29, 1.82) is 0 Å². The van der Waals surface area contributed by atoms with Gasteiger partial charge in [-0.15, -0.1) is 0 Å². The van der Waals surface area contributed by atoms with E-state index in [2.05, 4.69) is 70.1 Å². The van der Waals surface area contributed by atoms with Gasteiger partial charge in [0.2, 0.25) is 0 Å². The molecule has 0 amide bonds. The van der Waals surface area contributed by atoms with Crippen molar-refractivity contribution < 1.29 is 0 Å². The molecule has 1 aliphatic rings. The Bertz CT molecular complexity index is 689. The summed E-state index contributed by atoms with van der Waals surface area (Å²) in [5.41, 5.74) is 5.24. The van der Waals surface area contributed by atoms with Crippen LogP contribution in [0.4, 0.5) is 0 Å². The molecule has 0 atom stereocenters. The smallest absolute Gasteiger partial charge is 0.0654 e. The largest absolute Gasteiger partial charge is 0.345 e. The van der Waals surface area contributed by atoms with Crippen molar-refractivity contribution in [1.82, 2.24) is 9.13 Å².